The maximum absolute atomic E-state index is 13.3. The van der Waals surface area contributed by atoms with E-state index in [1.165, 1.54) is 6.33 Å². The highest BCUT2D eigenvalue weighted by atomic mass is 16.5. The van der Waals surface area contributed by atoms with Gasteiger partial charge >= 0.3 is 5.97 Å². The van der Waals surface area contributed by atoms with Gasteiger partial charge in [0.15, 0.2) is 5.82 Å². The number of aromatic nitrogens is 5. The number of hydrogen-bond acceptors (Lipinski definition) is 8. The monoisotopic (exact) mass is 451 g/mol. The molecule has 2 fully saturated rings. The molecule has 1 atom stereocenters. The van der Waals surface area contributed by atoms with Crippen LogP contribution in [0.3, 0.4) is 0 Å². The smallest absolute Gasteiger partial charge is 0.336 e. The summed E-state index contributed by atoms with van der Waals surface area (Å²) >= 11 is 0. The molecule has 3 aliphatic rings. The van der Waals surface area contributed by atoms with E-state index < -0.39 is 0 Å². The highest BCUT2D eigenvalue weighted by molar-refractivity contribution is 5.94. The van der Waals surface area contributed by atoms with E-state index in [-0.39, 0.29) is 29.9 Å². The number of nitrogens with one attached hydrogen (secondary N) is 1. The number of rotatable bonds is 5. The molecule has 174 valence electrons. The van der Waals surface area contributed by atoms with Crippen molar-refractivity contribution < 1.29 is 14.3 Å². The second-order valence-electron chi connectivity index (χ2n) is 9.45. The number of carbonyl (C=O) groups is 2. The molecule has 1 amide bonds. The van der Waals surface area contributed by atoms with E-state index in [0.717, 1.165) is 48.9 Å². The van der Waals surface area contributed by atoms with Gasteiger partial charge < -0.3 is 15.0 Å². The first-order chi connectivity index (χ1) is 15.9. The van der Waals surface area contributed by atoms with Crippen molar-refractivity contribution in [2.45, 2.75) is 65.0 Å². The van der Waals surface area contributed by atoms with E-state index in [9.17, 15) is 9.59 Å². The minimum absolute atomic E-state index is 0.143. The summed E-state index contributed by atoms with van der Waals surface area (Å²) in [4.78, 5) is 31.4. The van der Waals surface area contributed by atoms with Gasteiger partial charge in [-0.2, -0.15) is 4.68 Å². The van der Waals surface area contributed by atoms with Gasteiger partial charge in [0.2, 0.25) is 5.91 Å². The van der Waals surface area contributed by atoms with Crippen LogP contribution in [0.4, 0.5) is 0 Å². The molecule has 33 heavy (non-hydrogen) atoms. The number of nitrogens with zero attached hydrogens (tertiary/aromatic N) is 6. The number of likely N-dealkylation sites (tertiary alicyclic amines) is 1. The topological polar surface area (TPSA) is 115 Å². The molecule has 1 N–H and O–H groups in total. The van der Waals surface area contributed by atoms with Crippen LogP contribution in [0, 0.1) is 12.3 Å². The lowest BCUT2D eigenvalue weighted by atomic mass is 9.71. The first kappa shape index (κ1) is 21.7. The van der Waals surface area contributed by atoms with Gasteiger partial charge in [-0.25, -0.2) is 9.78 Å². The summed E-state index contributed by atoms with van der Waals surface area (Å²) < 4.78 is 6.67. The standard InChI is InChI=1S/C23H29N7O3/c1-14-10-20(30-13-25-27-28-30)24-11-18(14)16(3)26-17-4-6-23(7-5-17)8-9-29(22(23)32)19-12-33-21(31)15(19)2/h10-11,13,16-17,26H,4-9,12H2,1-3H3/t16-,17?,23?/m1/s1. The molecule has 0 unspecified atom stereocenters. The highest BCUT2D eigenvalue weighted by Crippen LogP contribution is 2.46. The first-order valence-corrected chi connectivity index (χ1v) is 11.5. The molecule has 2 aromatic heterocycles. The molecule has 4 heterocycles. The van der Waals surface area contributed by atoms with Gasteiger partial charge in [-0.1, -0.05) is 0 Å². The van der Waals surface area contributed by atoms with Crippen LogP contribution in [0.5, 0.6) is 0 Å². The third kappa shape index (κ3) is 3.82. The van der Waals surface area contributed by atoms with Gasteiger partial charge in [0.05, 0.1) is 16.7 Å². The Hall–Kier alpha value is -3.14. The summed E-state index contributed by atoms with van der Waals surface area (Å²) in [5.41, 5.74) is 3.29. The van der Waals surface area contributed by atoms with Crippen molar-refractivity contribution in [2.75, 3.05) is 13.2 Å². The lowest BCUT2D eigenvalue weighted by Crippen LogP contribution is -2.42. The van der Waals surface area contributed by atoms with E-state index in [1.807, 2.05) is 12.3 Å². The van der Waals surface area contributed by atoms with Crippen LogP contribution in [0.25, 0.3) is 5.82 Å². The van der Waals surface area contributed by atoms with Crippen molar-refractivity contribution in [3.8, 4) is 5.82 Å². The molecule has 1 spiro atoms. The maximum atomic E-state index is 13.3. The Balaban J connectivity index is 1.21. The van der Waals surface area contributed by atoms with Crippen LogP contribution in [-0.4, -0.2) is 61.2 Å². The summed E-state index contributed by atoms with van der Waals surface area (Å²) in [5.74, 6) is 0.549. The molecule has 10 heteroatoms. The maximum Gasteiger partial charge on any atom is 0.336 e. The second-order valence-corrected chi connectivity index (χ2v) is 9.45. The fourth-order valence-electron chi connectivity index (χ4n) is 5.47. The minimum atomic E-state index is -0.309. The van der Waals surface area contributed by atoms with Crippen LogP contribution in [0.15, 0.2) is 29.9 Å². The second kappa shape index (κ2) is 8.33. The van der Waals surface area contributed by atoms with Crippen LogP contribution < -0.4 is 5.32 Å². The quantitative estimate of drug-likeness (QED) is 0.687. The van der Waals surface area contributed by atoms with Gasteiger partial charge in [-0.3, -0.25) is 4.79 Å². The summed E-state index contributed by atoms with van der Waals surface area (Å²) in [5, 5.41) is 15.0. The predicted octanol–water partition coefficient (Wildman–Crippen LogP) is 2.01. The Labute approximate surface area is 192 Å². The summed E-state index contributed by atoms with van der Waals surface area (Å²) in [6.07, 6.45) is 7.89. The van der Waals surface area contributed by atoms with Crippen molar-refractivity contribution in [2.24, 2.45) is 5.41 Å². The SMILES string of the molecule is CC1=C(N2CCC3(CCC(N[C@H](C)c4cnc(-n5cnnn5)cc4C)CC3)C2=O)COC1=O. The van der Waals surface area contributed by atoms with Crippen LogP contribution in [-0.2, 0) is 14.3 Å². The molecule has 2 aliphatic heterocycles. The Bertz CT molecular complexity index is 1100. The first-order valence-electron chi connectivity index (χ1n) is 11.5. The molecule has 10 nitrogen and oxygen atoms in total. The van der Waals surface area contributed by atoms with Gasteiger partial charge in [0, 0.05) is 24.8 Å². The largest absolute Gasteiger partial charge is 0.456 e. The zero-order chi connectivity index (χ0) is 23.2. The molecule has 0 bridgehead atoms. The molecule has 5 rings (SSSR count). The average Bonchev–Trinajstić information content (AvgIpc) is 3.53. The minimum Gasteiger partial charge on any atom is -0.456 e. The van der Waals surface area contributed by atoms with Crippen molar-refractivity contribution in [1.29, 1.82) is 0 Å². The van der Waals surface area contributed by atoms with E-state index in [0.29, 0.717) is 24.0 Å². The number of ether oxygens (including phenoxy) is 1. The fourth-order valence-corrected chi connectivity index (χ4v) is 5.47. The number of amides is 1. The Morgan fingerprint density at radius 2 is 2.00 bits per heavy atom. The van der Waals surface area contributed by atoms with E-state index in [2.05, 4.69) is 39.7 Å². The Morgan fingerprint density at radius 3 is 2.64 bits per heavy atom. The van der Waals surface area contributed by atoms with Gasteiger partial charge in [0.25, 0.3) is 0 Å². The summed E-state index contributed by atoms with van der Waals surface area (Å²) in [7, 11) is 0. The number of hydrogen-bond donors (Lipinski definition) is 1. The number of cyclic esters (lactones) is 1. The third-order valence-electron chi connectivity index (χ3n) is 7.53. The number of tetrazole rings is 1. The van der Waals surface area contributed by atoms with Gasteiger partial charge in [-0.15, -0.1) is 5.10 Å². The van der Waals surface area contributed by atoms with Crippen molar-refractivity contribution in [3.63, 3.8) is 0 Å². The van der Waals surface area contributed by atoms with Gasteiger partial charge in [0.1, 0.15) is 12.9 Å². The molecule has 0 aromatic carbocycles. The van der Waals surface area contributed by atoms with Crippen molar-refractivity contribution in [1.82, 2.24) is 35.4 Å². The fraction of sp³-hybridized carbons (Fsp3) is 0.565. The molecule has 1 saturated carbocycles. The molecular weight excluding hydrogens is 422 g/mol. The van der Waals surface area contributed by atoms with Crippen LogP contribution >= 0.6 is 0 Å². The van der Waals surface area contributed by atoms with Crippen molar-refractivity contribution >= 4 is 11.9 Å². The lowest BCUT2D eigenvalue weighted by molar-refractivity contribution is -0.138. The number of pyridine rings is 1. The third-order valence-corrected chi connectivity index (χ3v) is 7.53. The zero-order valence-corrected chi connectivity index (χ0v) is 19.2. The van der Waals surface area contributed by atoms with Crippen LogP contribution in [0.2, 0.25) is 0 Å². The zero-order valence-electron chi connectivity index (χ0n) is 19.2. The summed E-state index contributed by atoms with van der Waals surface area (Å²) in [6.45, 7) is 6.86. The number of aryl methyl sites for hydroxylation is 1. The van der Waals surface area contributed by atoms with Gasteiger partial charge in [-0.05, 0) is 80.5 Å². The number of esters is 1. The molecule has 0 radical (unpaired) electrons. The molecule has 1 aliphatic carbocycles. The van der Waals surface area contributed by atoms with E-state index in [4.69, 9.17) is 4.74 Å². The van der Waals surface area contributed by atoms with Crippen molar-refractivity contribution in [3.05, 3.63) is 41.0 Å². The highest BCUT2D eigenvalue weighted by Gasteiger charge is 2.50. The van der Waals surface area contributed by atoms with E-state index >= 15 is 0 Å². The predicted molar refractivity (Wildman–Crippen MR) is 118 cm³/mol. The van der Waals surface area contributed by atoms with Crippen LogP contribution in [0.1, 0.15) is 63.1 Å². The normalized spacial score (nSPS) is 26.4. The molecule has 2 aromatic rings. The summed E-state index contributed by atoms with van der Waals surface area (Å²) in [6, 6.07) is 2.48. The Kier molecular flexibility index (Phi) is 5.48. The Morgan fingerprint density at radius 1 is 1.21 bits per heavy atom. The molecular formula is C23H29N7O3. The van der Waals surface area contributed by atoms with E-state index in [1.54, 1.807) is 16.5 Å². The average molecular weight is 452 g/mol. The number of carbonyl (C=O) groups excluding carboxylic acids is 2. The lowest BCUT2D eigenvalue weighted by Gasteiger charge is -2.37. The molecule has 1 saturated heterocycles.